The fourth-order valence-electron chi connectivity index (χ4n) is 2.63. The molecule has 0 bridgehead atoms. The third-order valence-electron chi connectivity index (χ3n) is 3.99. The number of aromatic carboxylic acids is 1. The molecule has 2 N–H and O–H groups in total. The predicted octanol–water partition coefficient (Wildman–Crippen LogP) is 2.37. The summed E-state index contributed by atoms with van der Waals surface area (Å²) in [5.41, 5.74) is 0.451. The Labute approximate surface area is 145 Å². The average Bonchev–Trinajstić information content (AvgIpc) is 2.53. The number of carbonyl (C=O) groups excluding carboxylic acids is 2. The van der Waals surface area contributed by atoms with Crippen LogP contribution in [0.4, 0.5) is 10.5 Å². The van der Waals surface area contributed by atoms with Crippen molar-refractivity contribution in [3.8, 4) is 0 Å². The van der Waals surface area contributed by atoms with Crippen molar-refractivity contribution < 1.29 is 19.5 Å². The SMILES string of the molecule is CN(C)C(=O)N1CCC(C(=O)Nc2ccc(C(=O)O)c(Cl)c2)CC1. The Morgan fingerprint density at radius 2 is 1.88 bits per heavy atom. The van der Waals surface area contributed by atoms with Gasteiger partial charge >= 0.3 is 12.0 Å². The lowest BCUT2D eigenvalue weighted by Gasteiger charge is -2.33. The summed E-state index contributed by atoms with van der Waals surface area (Å²) in [4.78, 5) is 38.4. The maximum absolute atomic E-state index is 12.3. The predicted molar refractivity (Wildman–Crippen MR) is 90.4 cm³/mol. The standard InChI is InChI=1S/C16H20ClN3O4/c1-19(2)16(24)20-7-5-10(6-8-20)14(21)18-11-3-4-12(15(22)23)13(17)9-11/h3-4,9-10H,5-8H2,1-2H3,(H,18,21)(H,22,23). The van der Waals surface area contributed by atoms with Crippen molar-refractivity contribution in [2.24, 2.45) is 5.92 Å². The summed E-state index contributed by atoms with van der Waals surface area (Å²) in [6.45, 7) is 1.07. The highest BCUT2D eigenvalue weighted by molar-refractivity contribution is 6.33. The molecule has 1 heterocycles. The van der Waals surface area contributed by atoms with Gasteiger partial charge in [0.15, 0.2) is 0 Å². The molecule has 0 unspecified atom stereocenters. The highest BCUT2D eigenvalue weighted by Crippen LogP contribution is 2.23. The monoisotopic (exact) mass is 353 g/mol. The minimum Gasteiger partial charge on any atom is -0.478 e. The van der Waals surface area contributed by atoms with E-state index >= 15 is 0 Å². The minimum atomic E-state index is -1.11. The van der Waals surface area contributed by atoms with E-state index in [9.17, 15) is 14.4 Å². The van der Waals surface area contributed by atoms with Gasteiger partial charge in [-0.15, -0.1) is 0 Å². The molecule has 1 fully saturated rings. The third-order valence-corrected chi connectivity index (χ3v) is 4.30. The second kappa shape index (κ2) is 7.53. The average molecular weight is 354 g/mol. The first-order valence-electron chi connectivity index (χ1n) is 7.59. The van der Waals surface area contributed by atoms with Crippen LogP contribution in [0.1, 0.15) is 23.2 Å². The molecule has 0 atom stereocenters. The lowest BCUT2D eigenvalue weighted by atomic mass is 9.96. The largest absolute Gasteiger partial charge is 0.478 e. The molecule has 0 saturated carbocycles. The number of likely N-dealkylation sites (tertiary alicyclic amines) is 1. The zero-order valence-corrected chi connectivity index (χ0v) is 14.3. The van der Waals surface area contributed by atoms with Crippen LogP contribution >= 0.6 is 11.6 Å². The Morgan fingerprint density at radius 3 is 2.38 bits per heavy atom. The van der Waals surface area contributed by atoms with E-state index < -0.39 is 5.97 Å². The highest BCUT2D eigenvalue weighted by atomic mass is 35.5. The van der Waals surface area contributed by atoms with Crippen molar-refractivity contribution in [2.45, 2.75) is 12.8 Å². The lowest BCUT2D eigenvalue weighted by Crippen LogP contribution is -2.45. The third kappa shape index (κ3) is 4.17. The Bertz CT molecular complexity index is 655. The van der Waals surface area contributed by atoms with E-state index in [1.165, 1.54) is 23.1 Å². The number of nitrogens with zero attached hydrogens (tertiary/aromatic N) is 2. The fraction of sp³-hybridized carbons (Fsp3) is 0.438. The fourth-order valence-corrected chi connectivity index (χ4v) is 2.89. The molecule has 1 aromatic rings. The number of urea groups is 1. The van der Waals surface area contributed by atoms with Gasteiger partial charge in [-0.2, -0.15) is 0 Å². The number of hydrogen-bond acceptors (Lipinski definition) is 3. The molecular weight excluding hydrogens is 334 g/mol. The summed E-state index contributed by atoms with van der Waals surface area (Å²) in [5, 5.41) is 11.8. The number of amides is 3. The number of nitrogens with one attached hydrogen (secondary N) is 1. The summed E-state index contributed by atoms with van der Waals surface area (Å²) >= 11 is 5.90. The van der Waals surface area contributed by atoms with E-state index in [0.717, 1.165) is 0 Å². The number of piperidine rings is 1. The molecule has 2 rings (SSSR count). The maximum Gasteiger partial charge on any atom is 0.337 e. The molecule has 1 saturated heterocycles. The number of hydrogen-bond donors (Lipinski definition) is 2. The Balaban J connectivity index is 1.93. The van der Waals surface area contributed by atoms with E-state index in [1.807, 2.05) is 0 Å². The van der Waals surface area contributed by atoms with Crippen LogP contribution < -0.4 is 5.32 Å². The van der Waals surface area contributed by atoms with Gasteiger partial charge in [0, 0.05) is 38.8 Å². The van der Waals surface area contributed by atoms with Crippen molar-refractivity contribution >= 4 is 35.2 Å². The van der Waals surface area contributed by atoms with Crippen LogP contribution in [0.2, 0.25) is 5.02 Å². The molecule has 24 heavy (non-hydrogen) atoms. The first kappa shape index (κ1) is 18.1. The van der Waals surface area contributed by atoms with Gasteiger partial charge in [0.1, 0.15) is 0 Å². The van der Waals surface area contributed by atoms with Gasteiger partial charge in [-0.1, -0.05) is 11.6 Å². The number of rotatable bonds is 3. The van der Waals surface area contributed by atoms with Crippen LogP contribution in [-0.4, -0.2) is 60.0 Å². The zero-order chi connectivity index (χ0) is 17.9. The van der Waals surface area contributed by atoms with Crippen molar-refractivity contribution in [2.75, 3.05) is 32.5 Å². The number of benzene rings is 1. The number of carbonyl (C=O) groups is 3. The second-order valence-corrected chi connectivity index (χ2v) is 6.33. The van der Waals surface area contributed by atoms with Crippen molar-refractivity contribution in [3.63, 3.8) is 0 Å². The molecule has 0 spiro atoms. The maximum atomic E-state index is 12.3. The van der Waals surface area contributed by atoms with Crippen LogP contribution in [0, 0.1) is 5.92 Å². The molecule has 3 amide bonds. The van der Waals surface area contributed by atoms with E-state index in [0.29, 0.717) is 31.6 Å². The zero-order valence-electron chi connectivity index (χ0n) is 13.6. The smallest absolute Gasteiger partial charge is 0.337 e. The molecule has 1 aliphatic rings. The summed E-state index contributed by atoms with van der Waals surface area (Å²) in [7, 11) is 3.40. The van der Waals surface area contributed by atoms with Gasteiger partial charge in [0.05, 0.1) is 10.6 Å². The molecule has 8 heteroatoms. The number of carboxylic acid groups (broad SMARTS) is 1. The first-order valence-corrected chi connectivity index (χ1v) is 7.97. The van der Waals surface area contributed by atoms with Gasteiger partial charge in [0.2, 0.25) is 5.91 Å². The van der Waals surface area contributed by atoms with Gasteiger partial charge in [-0.05, 0) is 31.0 Å². The Hall–Kier alpha value is -2.28. The summed E-state index contributed by atoms with van der Waals surface area (Å²) in [6.07, 6.45) is 1.18. The topological polar surface area (TPSA) is 90.0 Å². The molecule has 0 radical (unpaired) electrons. The van der Waals surface area contributed by atoms with E-state index in [-0.39, 0.29) is 28.4 Å². The van der Waals surface area contributed by atoms with Crippen molar-refractivity contribution in [1.82, 2.24) is 9.80 Å². The first-order chi connectivity index (χ1) is 11.3. The van der Waals surface area contributed by atoms with Crippen LogP contribution in [0.3, 0.4) is 0 Å². The molecule has 130 valence electrons. The quantitative estimate of drug-likeness (QED) is 0.872. The van der Waals surface area contributed by atoms with E-state index in [1.54, 1.807) is 19.0 Å². The van der Waals surface area contributed by atoms with Gasteiger partial charge < -0.3 is 20.2 Å². The van der Waals surface area contributed by atoms with Gasteiger partial charge in [-0.3, -0.25) is 4.79 Å². The van der Waals surface area contributed by atoms with Crippen molar-refractivity contribution in [3.05, 3.63) is 28.8 Å². The summed E-state index contributed by atoms with van der Waals surface area (Å²) in [5.74, 6) is -1.45. The normalized spacial score (nSPS) is 15.0. The number of halogens is 1. The van der Waals surface area contributed by atoms with Crippen LogP contribution in [0.5, 0.6) is 0 Å². The second-order valence-electron chi connectivity index (χ2n) is 5.93. The Kier molecular flexibility index (Phi) is 5.66. The van der Waals surface area contributed by atoms with Gasteiger partial charge in [-0.25, -0.2) is 9.59 Å². The summed E-state index contributed by atoms with van der Waals surface area (Å²) in [6, 6.07) is 4.24. The molecule has 0 aromatic heterocycles. The molecule has 7 nitrogen and oxygen atoms in total. The minimum absolute atomic E-state index is 0.00910. The number of carboxylic acids is 1. The molecular formula is C16H20ClN3O4. The molecule has 1 aliphatic heterocycles. The van der Waals surface area contributed by atoms with Crippen LogP contribution in [0.25, 0.3) is 0 Å². The van der Waals surface area contributed by atoms with E-state index in [2.05, 4.69) is 5.32 Å². The Morgan fingerprint density at radius 1 is 1.25 bits per heavy atom. The van der Waals surface area contributed by atoms with Gasteiger partial charge in [0.25, 0.3) is 0 Å². The van der Waals surface area contributed by atoms with Crippen LogP contribution in [-0.2, 0) is 4.79 Å². The molecule has 0 aliphatic carbocycles. The highest BCUT2D eigenvalue weighted by Gasteiger charge is 2.28. The summed E-state index contributed by atoms with van der Waals surface area (Å²) < 4.78 is 0. The van der Waals surface area contributed by atoms with E-state index in [4.69, 9.17) is 16.7 Å². The van der Waals surface area contributed by atoms with Crippen molar-refractivity contribution in [1.29, 1.82) is 0 Å². The lowest BCUT2D eigenvalue weighted by molar-refractivity contribution is -0.121. The number of anilines is 1. The van der Waals surface area contributed by atoms with Crippen LogP contribution in [0.15, 0.2) is 18.2 Å². The molecule has 1 aromatic carbocycles.